The van der Waals surface area contributed by atoms with Crippen LogP contribution in [-0.4, -0.2) is 29.1 Å². The van der Waals surface area contributed by atoms with Crippen LogP contribution in [0.2, 0.25) is 0 Å². The van der Waals surface area contributed by atoms with Crippen molar-refractivity contribution in [2.75, 3.05) is 13.7 Å². The molecule has 1 N–H and O–H groups in total. The molecule has 1 amide bonds. The van der Waals surface area contributed by atoms with Gasteiger partial charge in [-0.1, -0.05) is 13.8 Å². The number of aromatic nitrogens is 2. The average molecular weight is 310 g/mol. The molecule has 0 bridgehead atoms. The first kappa shape index (κ1) is 15.6. The highest BCUT2D eigenvalue weighted by Gasteiger charge is 2.13. The van der Waals surface area contributed by atoms with E-state index in [4.69, 9.17) is 16.3 Å². The molecule has 0 saturated carbocycles. The molecule has 0 aliphatic carbocycles. The molecule has 1 heterocycles. The number of fused-ring (bicyclic) bond motifs is 1. The van der Waals surface area contributed by atoms with E-state index in [1.54, 1.807) is 7.11 Å². The number of alkyl halides is 1. The summed E-state index contributed by atoms with van der Waals surface area (Å²) in [5.74, 6) is 2.06. The lowest BCUT2D eigenvalue weighted by Crippen LogP contribution is -2.31. The number of nitrogens with one attached hydrogen (secondary N) is 1. The largest absolute Gasteiger partial charge is 0.497 e. The second-order valence-corrected chi connectivity index (χ2v) is 5.57. The van der Waals surface area contributed by atoms with E-state index in [9.17, 15) is 4.79 Å². The molecular formula is C15H20ClN3O2. The molecular weight excluding hydrogens is 290 g/mol. The summed E-state index contributed by atoms with van der Waals surface area (Å²) in [5, 5.41) is 2.90. The van der Waals surface area contributed by atoms with Crippen LogP contribution in [0.3, 0.4) is 0 Å². The molecule has 2 rings (SSSR count). The molecule has 0 unspecified atom stereocenters. The van der Waals surface area contributed by atoms with Crippen LogP contribution in [-0.2, 0) is 17.2 Å². The van der Waals surface area contributed by atoms with Gasteiger partial charge in [-0.25, -0.2) is 4.98 Å². The SMILES string of the molecule is COc1ccc2c(c1)nc(CCl)n2CC(=O)NCC(C)C. The number of hydrogen-bond acceptors (Lipinski definition) is 3. The van der Waals surface area contributed by atoms with Gasteiger partial charge in [-0.3, -0.25) is 4.79 Å². The van der Waals surface area contributed by atoms with Crippen molar-refractivity contribution in [1.82, 2.24) is 14.9 Å². The Labute approximate surface area is 129 Å². The maximum Gasteiger partial charge on any atom is 0.240 e. The second kappa shape index (κ2) is 6.80. The Hall–Kier alpha value is -1.75. The number of carbonyl (C=O) groups is 1. The van der Waals surface area contributed by atoms with Gasteiger partial charge >= 0.3 is 0 Å². The lowest BCUT2D eigenvalue weighted by molar-refractivity contribution is -0.121. The van der Waals surface area contributed by atoms with Gasteiger partial charge in [0.1, 0.15) is 18.1 Å². The molecule has 0 spiro atoms. The summed E-state index contributed by atoms with van der Waals surface area (Å²) in [7, 11) is 1.61. The Kier molecular flexibility index (Phi) is 5.07. The fraction of sp³-hybridized carbons (Fsp3) is 0.467. The zero-order valence-corrected chi connectivity index (χ0v) is 13.3. The van der Waals surface area contributed by atoms with Crippen molar-refractivity contribution in [1.29, 1.82) is 0 Å². The highest BCUT2D eigenvalue weighted by atomic mass is 35.5. The van der Waals surface area contributed by atoms with Gasteiger partial charge in [-0.15, -0.1) is 11.6 Å². The van der Waals surface area contributed by atoms with Crippen LogP contribution in [0.25, 0.3) is 11.0 Å². The predicted octanol–water partition coefficient (Wildman–Crippen LogP) is 2.56. The van der Waals surface area contributed by atoms with E-state index < -0.39 is 0 Å². The van der Waals surface area contributed by atoms with E-state index in [-0.39, 0.29) is 18.3 Å². The fourth-order valence-electron chi connectivity index (χ4n) is 2.08. The molecule has 21 heavy (non-hydrogen) atoms. The van der Waals surface area contributed by atoms with E-state index in [1.807, 2.05) is 22.8 Å². The minimum absolute atomic E-state index is 0.0369. The smallest absolute Gasteiger partial charge is 0.240 e. The van der Waals surface area contributed by atoms with Crippen LogP contribution in [0.15, 0.2) is 18.2 Å². The molecule has 6 heteroatoms. The van der Waals surface area contributed by atoms with Gasteiger partial charge in [0.05, 0.1) is 24.0 Å². The lowest BCUT2D eigenvalue weighted by atomic mass is 10.2. The zero-order valence-electron chi connectivity index (χ0n) is 12.5. The maximum atomic E-state index is 12.0. The summed E-state index contributed by atoms with van der Waals surface area (Å²) >= 11 is 5.94. The van der Waals surface area contributed by atoms with Crippen molar-refractivity contribution in [3.05, 3.63) is 24.0 Å². The normalized spacial score (nSPS) is 11.1. The van der Waals surface area contributed by atoms with Crippen LogP contribution in [0.4, 0.5) is 0 Å². The molecule has 0 atom stereocenters. The van der Waals surface area contributed by atoms with E-state index in [1.165, 1.54) is 0 Å². The Bertz CT molecular complexity index is 637. The first-order chi connectivity index (χ1) is 10.0. The molecule has 0 saturated heterocycles. The molecule has 114 valence electrons. The summed E-state index contributed by atoms with van der Waals surface area (Å²) in [6, 6.07) is 5.59. The van der Waals surface area contributed by atoms with Gasteiger partial charge < -0.3 is 14.6 Å². The Morgan fingerprint density at radius 1 is 1.48 bits per heavy atom. The number of rotatable bonds is 6. The third-order valence-corrected chi connectivity index (χ3v) is 3.40. The average Bonchev–Trinajstić information content (AvgIpc) is 2.82. The molecule has 0 aliphatic heterocycles. The van der Waals surface area contributed by atoms with E-state index in [0.717, 1.165) is 16.8 Å². The van der Waals surface area contributed by atoms with Gasteiger partial charge in [0, 0.05) is 12.6 Å². The van der Waals surface area contributed by atoms with Crippen LogP contribution in [0, 0.1) is 5.92 Å². The molecule has 0 radical (unpaired) electrons. The summed E-state index contributed by atoms with van der Waals surface area (Å²) in [6.07, 6.45) is 0. The predicted molar refractivity (Wildman–Crippen MR) is 83.7 cm³/mol. The van der Waals surface area contributed by atoms with Crippen LogP contribution < -0.4 is 10.1 Å². The van der Waals surface area contributed by atoms with Crippen LogP contribution in [0.1, 0.15) is 19.7 Å². The number of imidazole rings is 1. The van der Waals surface area contributed by atoms with Crippen molar-refractivity contribution in [2.24, 2.45) is 5.92 Å². The zero-order chi connectivity index (χ0) is 15.4. The highest BCUT2D eigenvalue weighted by Crippen LogP contribution is 2.22. The number of carbonyl (C=O) groups excluding carboxylic acids is 1. The fourth-order valence-corrected chi connectivity index (χ4v) is 2.29. The Morgan fingerprint density at radius 2 is 2.24 bits per heavy atom. The molecule has 1 aromatic carbocycles. The van der Waals surface area contributed by atoms with Gasteiger partial charge in [-0.2, -0.15) is 0 Å². The summed E-state index contributed by atoms with van der Waals surface area (Å²) in [4.78, 5) is 16.5. The monoisotopic (exact) mass is 309 g/mol. The number of amides is 1. The molecule has 2 aromatic rings. The van der Waals surface area contributed by atoms with E-state index in [2.05, 4.69) is 24.1 Å². The van der Waals surface area contributed by atoms with E-state index >= 15 is 0 Å². The van der Waals surface area contributed by atoms with Crippen molar-refractivity contribution in [2.45, 2.75) is 26.3 Å². The van der Waals surface area contributed by atoms with Crippen molar-refractivity contribution >= 4 is 28.5 Å². The standard InChI is InChI=1S/C15H20ClN3O2/c1-10(2)8-17-15(20)9-19-13-5-4-11(21-3)6-12(13)18-14(19)7-16/h4-6,10H,7-9H2,1-3H3,(H,17,20). The third kappa shape index (κ3) is 3.67. The first-order valence-corrected chi connectivity index (χ1v) is 7.44. The minimum atomic E-state index is -0.0369. The maximum absolute atomic E-state index is 12.0. The van der Waals surface area contributed by atoms with Crippen LogP contribution >= 0.6 is 11.6 Å². The number of halogens is 1. The highest BCUT2D eigenvalue weighted by molar-refractivity contribution is 6.16. The van der Waals surface area contributed by atoms with Crippen molar-refractivity contribution in [3.63, 3.8) is 0 Å². The molecule has 5 nitrogen and oxygen atoms in total. The third-order valence-electron chi connectivity index (χ3n) is 3.16. The quantitative estimate of drug-likeness (QED) is 0.834. The van der Waals surface area contributed by atoms with Crippen LogP contribution in [0.5, 0.6) is 5.75 Å². The topological polar surface area (TPSA) is 56.2 Å². The first-order valence-electron chi connectivity index (χ1n) is 6.91. The van der Waals surface area contributed by atoms with Crippen molar-refractivity contribution < 1.29 is 9.53 Å². The Morgan fingerprint density at radius 3 is 2.86 bits per heavy atom. The van der Waals surface area contributed by atoms with Gasteiger partial charge in [0.2, 0.25) is 5.91 Å². The number of hydrogen-bond donors (Lipinski definition) is 1. The number of ether oxygens (including phenoxy) is 1. The summed E-state index contributed by atoms with van der Waals surface area (Å²) in [6.45, 7) is 5.00. The molecule has 1 aromatic heterocycles. The number of benzene rings is 1. The number of nitrogens with zero attached hydrogens (tertiary/aromatic N) is 2. The second-order valence-electron chi connectivity index (χ2n) is 5.30. The number of methoxy groups -OCH3 is 1. The minimum Gasteiger partial charge on any atom is -0.497 e. The van der Waals surface area contributed by atoms with Gasteiger partial charge in [-0.05, 0) is 18.1 Å². The lowest BCUT2D eigenvalue weighted by Gasteiger charge is -2.10. The molecule has 0 fully saturated rings. The molecule has 0 aliphatic rings. The summed E-state index contributed by atoms with van der Waals surface area (Å²) < 4.78 is 7.03. The van der Waals surface area contributed by atoms with Gasteiger partial charge in [0.25, 0.3) is 0 Å². The van der Waals surface area contributed by atoms with E-state index in [0.29, 0.717) is 18.3 Å². The van der Waals surface area contributed by atoms with Gasteiger partial charge in [0.15, 0.2) is 0 Å². The van der Waals surface area contributed by atoms with Crippen molar-refractivity contribution in [3.8, 4) is 5.75 Å². The summed E-state index contributed by atoms with van der Waals surface area (Å²) in [5.41, 5.74) is 1.66. The Balaban J connectivity index is 2.27.